The van der Waals surface area contributed by atoms with Crippen molar-refractivity contribution in [3.05, 3.63) is 58.7 Å². The topological polar surface area (TPSA) is 141 Å². The van der Waals surface area contributed by atoms with Gasteiger partial charge in [-0.15, -0.1) is 0 Å². The lowest BCUT2D eigenvalue weighted by molar-refractivity contribution is -0.147. The fraction of sp³-hybridized carbons (Fsp3) is 0.353. The maximum atomic E-state index is 12.5. The fourth-order valence-electron chi connectivity index (χ4n) is 4.88. The predicted molar refractivity (Wildman–Crippen MR) is 176 cm³/mol. The molecule has 0 bridgehead atoms. The number of anilines is 2. The Labute approximate surface area is 272 Å². The summed E-state index contributed by atoms with van der Waals surface area (Å²) in [6.07, 6.45) is 1.77. The number of aryl methyl sites for hydroxylation is 1. The van der Waals surface area contributed by atoms with E-state index < -0.39 is 18.0 Å². The van der Waals surface area contributed by atoms with Crippen LogP contribution in [-0.2, 0) is 19.1 Å². The zero-order chi connectivity index (χ0) is 33.2. The molecule has 0 fully saturated rings. The highest BCUT2D eigenvalue weighted by molar-refractivity contribution is 6.32. The maximum Gasteiger partial charge on any atom is 0.323 e. The molecule has 0 saturated carbocycles. The van der Waals surface area contributed by atoms with Crippen LogP contribution >= 0.6 is 11.6 Å². The Morgan fingerprint density at radius 3 is 2.35 bits per heavy atom. The molecular formula is C34H37ClN4O7. The standard InChI is InChI=1S/C34H37ClN4O7/c1-6-43-30-15-22-13-28-24(33(23(17-36)18-37-28)39-27-16-29(42-5)25(35)11-20(27)4)12-21(22)14-31(30)46-10-9-26(34(41)45-8-3)38-19-32(40)44-7-2/h11-16,18,26,38H,6-10,19H2,1-5H3,(H,37,39). The number of fused-ring (bicyclic) bond motifs is 2. The summed E-state index contributed by atoms with van der Waals surface area (Å²) in [5, 5.41) is 19.1. The Balaban J connectivity index is 1.68. The molecule has 1 atom stereocenters. The van der Waals surface area contributed by atoms with Crippen LogP contribution in [0.25, 0.3) is 21.7 Å². The third-order valence-electron chi connectivity index (χ3n) is 7.10. The van der Waals surface area contributed by atoms with E-state index in [1.54, 1.807) is 33.1 Å². The molecule has 12 heteroatoms. The molecule has 242 valence electrons. The van der Waals surface area contributed by atoms with E-state index in [0.717, 1.165) is 27.4 Å². The lowest BCUT2D eigenvalue weighted by Gasteiger charge is -2.19. The Morgan fingerprint density at radius 2 is 1.67 bits per heavy atom. The van der Waals surface area contributed by atoms with Gasteiger partial charge in [-0.05, 0) is 74.4 Å². The van der Waals surface area contributed by atoms with Gasteiger partial charge < -0.3 is 29.0 Å². The second-order valence-corrected chi connectivity index (χ2v) is 10.6. The van der Waals surface area contributed by atoms with Gasteiger partial charge in [0, 0.05) is 29.8 Å². The molecule has 46 heavy (non-hydrogen) atoms. The number of halogens is 1. The molecule has 2 N–H and O–H groups in total. The third kappa shape index (κ3) is 8.07. The quantitative estimate of drug-likeness (QED) is 0.112. The van der Waals surface area contributed by atoms with Gasteiger partial charge in [-0.25, -0.2) is 0 Å². The van der Waals surface area contributed by atoms with Gasteiger partial charge in [-0.1, -0.05) is 11.6 Å². The van der Waals surface area contributed by atoms with Crippen LogP contribution in [0.5, 0.6) is 17.2 Å². The number of hydrogen-bond donors (Lipinski definition) is 2. The molecule has 0 saturated heterocycles. The van der Waals surface area contributed by atoms with Crippen molar-refractivity contribution in [3.63, 3.8) is 0 Å². The molecule has 0 aliphatic heterocycles. The van der Waals surface area contributed by atoms with Crippen molar-refractivity contribution in [3.8, 4) is 23.3 Å². The van der Waals surface area contributed by atoms with Crippen LogP contribution in [0, 0.1) is 18.3 Å². The van der Waals surface area contributed by atoms with Crippen molar-refractivity contribution in [1.82, 2.24) is 10.3 Å². The molecule has 3 aromatic carbocycles. The van der Waals surface area contributed by atoms with E-state index in [1.165, 1.54) is 6.20 Å². The van der Waals surface area contributed by atoms with Crippen LogP contribution in [-0.4, -0.2) is 63.0 Å². The van der Waals surface area contributed by atoms with E-state index >= 15 is 0 Å². The molecule has 0 aliphatic rings. The number of methoxy groups -OCH3 is 1. The van der Waals surface area contributed by atoms with Gasteiger partial charge in [0.05, 0.1) is 61.9 Å². The second-order valence-electron chi connectivity index (χ2n) is 10.2. The third-order valence-corrected chi connectivity index (χ3v) is 7.40. The summed E-state index contributed by atoms with van der Waals surface area (Å²) >= 11 is 6.31. The molecule has 1 aromatic heterocycles. The van der Waals surface area contributed by atoms with Crippen molar-refractivity contribution in [2.45, 2.75) is 40.2 Å². The zero-order valence-corrected chi connectivity index (χ0v) is 27.2. The number of ether oxygens (including phenoxy) is 5. The van der Waals surface area contributed by atoms with Crippen LogP contribution in [0.2, 0.25) is 5.02 Å². The first-order chi connectivity index (χ1) is 22.2. The van der Waals surface area contributed by atoms with Gasteiger partial charge in [-0.2, -0.15) is 5.26 Å². The molecule has 1 heterocycles. The van der Waals surface area contributed by atoms with E-state index in [-0.39, 0.29) is 32.8 Å². The van der Waals surface area contributed by atoms with E-state index in [9.17, 15) is 14.9 Å². The van der Waals surface area contributed by atoms with Gasteiger partial charge in [0.15, 0.2) is 11.5 Å². The Morgan fingerprint density at radius 1 is 0.957 bits per heavy atom. The highest BCUT2D eigenvalue weighted by Gasteiger charge is 2.22. The van der Waals surface area contributed by atoms with Crippen molar-refractivity contribution >= 4 is 56.6 Å². The van der Waals surface area contributed by atoms with Crippen LogP contribution in [0.3, 0.4) is 0 Å². The number of nitrogens with zero attached hydrogens (tertiary/aromatic N) is 2. The number of nitrogens with one attached hydrogen (secondary N) is 2. The normalized spacial score (nSPS) is 11.5. The Hall–Kier alpha value is -4.79. The average Bonchev–Trinajstić information content (AvgIpc) is 3.03. The molecule has 1 unspecified atom stereocenters. The average molecular weight is 649 g/mol. The minimum atomic E-state index is -0.775. The second kappa shape index (κ2) is 16.0. The smallest absolute Gasteiger partial charge is 0.323 e. The highest BCUT2D eigenvalue weighted by Crippen LogP contribution is 2.39. The van der Waals surface area contributed by atoms with E-state index in [4.69, 9.17) is 35.3 Å². The Bertz CT molecular complexity index is 1770. The lowest BCUT2D eigenvalue weighted by atomic mass is 10.0. The summed E-state index contributed by atoms with van der Waals surface area (Å²) in [5.74, 6) is 0.547. The van der Waals surface area contributed by atoms with E-state index in [1.807, 2.05) is 38.1 Å². The number of nitriles is 1. The van der Waals surface area contributed by atoms with Crippen molar-refractivity contribution in [1.29, 1.82) is 5.26 Å². The van der Waals surface area contributed by atoms with Gasteiger partial charge in [0.25, 0.3) is 0 Å². The van der Waals surface area contributed by atoms with E-state index in [2.05, 4.69) is 21.7 Å². The van der Waals surface area contributed by atoms with Crippen LogP contribution in [0.1, 0.15) is 38.3 Å². The summed E-state index contributed by atoms with van der Waals surface area (Å²) in [4.78, 5) is 29.0. The number of benzene rings is 3. The summed E-state index contributed by atoms with van der Waals surface area (Å²) in [7, 11) is 1.54. The molecule has 0 aliphatic carbocycles. The molecule has 0 amide bonds. The molecule has 11 nitrogen and oxygen atoms in total. The largest absolute Gasteiger partial charge is 0.495 e. The number of pyridine rings is 1. The monoisotopic (exact) mass is 648 g/mol. The predicted octanol–water partition coefficient (Wildman–Crippen LogP) is 6.23. The summed E-state index contributed by atoms with van der Waals surface area (Å²) in [6, 6.07) is 12.6. The summed E-state index contributed by atoms with van der Waals surface area (Å²) < 4.78 is 27.6. The fourth-order valence-corrected chi connectivity index (χ4v) is 5.17. The Kier molecular flexibility index (Phi) is 11.8. The van der Waals surface area contributed by atoms with Gasteiger partial charge in [0.1, 0.15) is 17.9 Å². The number of rotatable bonds is 15. The van der Waals surface area contributed by atoms with Crippen LogP contribution < -0.4 is 24.8 Å². The number of hydrogen-bond acceptors (Lipinski definition) is 11. The first-order valence-electron chi connectivity index (χ1n) is 15.0. The van der Waals surface area contributed by atoms with Crippen LogP contribution in [0.15, 0.2) is 42.6 Å². The number of aromatic nitrogens is 1. The molecule has 0 radical (unpaired) electrons. The lowest BCUT2D eigenvalue weighted by Crippen LogP contribution is -2.42. The van der Waals surface area contributed by atoms with Gasteiger partial charge in [0.2, 0.25) is 0 Å². The number of carbonyl (C=O) groups excluding carboxylic acids is 2. The first-order valence-corrected chi connectivity index (χ1v) is 15.3. The summed E-state index contributed by atoms with van der Waals surface area (Å²) in [6.45, 7) is 8.06. The van der Waals surface area contributed by atoms with Crippen molar-refractivity contribution < 1.29 is 33.3 Å². The van der Waals surface area contributed by atoms with Gasteiger partial charge >= 0.3 is 11.9 Å². The SMILES string of the molecule is CCOC(=O)CNC(CCOc1cc2cc3c(Nc4cc(OC)c(Cl)cc4C)c(C#N)cnc3cc2cc1OCC)C(=O)OCC. The minimum Gasteiger partial charge on any atom is -0.495 e. The molecule has 4 rings (SSSR count). The summed E-state index contributed by atoms with van der Waals surface area (Å²) in [5.41, 5.74) is 3.23. The first kappa shape index (κ1) is 34.1. The number of esters is 2. The van der Waals surface area contributed by atoms with E-state index in [0.29, 0.717) is 45.6 Å². The molecule has 0 spiro atoms. The van der Waals surface area contributed by atoms with Crippen LogP contribution in [0.4, 0.5) is 11.4 Å². The maximum absolute atomic E-state index is 12.5. The zero-order valence-electron chi connectivity index (χ0n) is 26.5. The highest BCUT2D eigenvalue weighted by atomic mass is 35.5. The molecule has 4 aromatic rings. The number of carbonyl (C=O) groups is 2. The minimum absolute atomic E-state index is 0.128. The van der Waals surface area contributed by atoms with Crippen molar-refractivity contribution in [2.75, 3.05) is 45.4 Å². The van der Waals surface area contributed by atoms with Gasteiger partial charge in [-0.3, -0.25) is 19.9 Å². The van der Waals surface area contributed by atoms with Crippen molar-refractivity contribution in [2.24, 2.45) is 0 Å². The molecular weight excluding hydrogens is 612 g/mol.